The molecule has 1 atom stereocenters. The molecule has 0 aromatic heterocycles. The van der Waals surface area contributed by atoms with Gasteiger partial charge in [0.05, 0.1) is 11.4 Å². The van der Waals surface area contributed by atoms with Gasteiger partial charge in [0.25, 0.3) is 0 Å². The molecule has 1 unspecified atom stereocenters. The van der Waals surface area contributed by atoms with Crippen molar-refractivity contribution in [3.63, 3.8) is 0 Å². The Morgan fingerprint density at radius 2 is 1.89 bits per heavy atom. The number of nitrogens with one attached hydrogen (secondary N) is 1. The molecule has 3 rings (SSSR count). The molecule has 27 heavy (non-hydrogen) atoms. The van der Waals surface area contributed by atoms with Crippen LogP contribution in [0.4, 0.5) is 5.69 Å². The first-order valence-electron chi connectivity index (χ1n) is 9.03. The van der Waals surface area contributed by atoms with E-state index < -0.39 is 10.0 Å². The van der Waals surface area contributed by atoms with Crippen molar-refractivity contribution in [1.82, 2.24) is 4.90 Å². The third-order valence-electron chi connectivity index (χ3n) is 4.90. The number of primary sulfonamides is 1. The third-order valence-corrected chi connectivity index (χ3v) is 5.81. The highest BCUT2D eigenvalue weighted by Gasteiger charge is 2.32. The highest BCUT2D eigenvalue weighted by Crippen LogP contribution is 2.35. The van der Waals surface area contributed by atoms with Crippen LogP contribution < -0.4 is 10.5 Å². The first-order chi connectivity index (χ1) is 12.8. The maximum Gasteiger partial charge on any atom is 0.238 e. The van der Waals surface area contributed by atoms with Gasteiger partial charge in [-0.2, -0.15) is 0 Å². The molecule has 1 aliphatic carbocycles. The Labute approximate surface area is 160 Å². The fourth-order valence-corrected chi connectivity index (χ4v) is 3.73. The van der Waals surface area contributed by atoms with E-state index in [9.17, 15) is 13.2 Å². The first kappa shape index (κ1) is 19.5. The molecule has 0 aliphatic heterocycles. The summed E-state index contributed by atoms with van der Waals surface area (Å²) in [6.07, 6.45) is 2.40. The minimum atomic E-state index is -3.80. The number of carbonyl (C=O) groups is 1. The SMILES string of the molecule is CC(C1CC1)N(CC(=O)Nc1cccc(S(N)(=O)=O)c1)Cc1ccccc1. The van der Waals surface area contributed by atoms with Gasteiger partial charge in [-0.3, -0.25) is 9.69 Å². The van der Waals surface area contributed by atoms with Crippen LogP contribution in [0.25, 0.3) is 0 Å². The molecular formula is C20H25N3O3S. The number of nitrogens with zero attached hydrogens (tertiary/aromatic N) is 1. The second-order valence-electron chi connectivity index (χ2n) is 7.09. The molecule has 0 saturated heterocycles. The predicted octanol–water partition coefficient (Wildman–Crippen LogP) is 2.57. The summed E-state index contributed by atoms with van der Waals surface area (Å²) >= 11 is 0. The molecule has 1 aliphatic rings. The Balaban J connectivity index is 1.69. The summed E-state index contributed by atoms with van der Waals surface area (Å²) in [4.78, 5) is 14.7. The maximum absolute atomic E-state index is 12.6. The fraction of sp³-hybridized carbons (Fsp3) is 0.350. The van der Waals surface area contributed by atoms with Crippen molar-refractivity contribution in [1.29, 1.82) is 0 Å². The van der Waals surface area contributed by atoms with Gasteiger partial charge in [0.15, 0.2) is 0 Å². The van der Waals surface area contributed by atoms with Gasteiger partial charge in [-0.25, -0.2) is 13.6 Å². The molecule has 144 valence electrons. The van der Waals surface area contributed by atoms with Gasteiger partial charge in [-0.1, -0.05) is 36.4 Å². The second-order valence-corrected chi connectivity index (χ2v) is 8.65. The highest BCUT2D eigenvalue weighted by molar-refractivity contribution is 7.89. The van der Waals surface area contributed by atoms with Crippen molar-refractivity contribution in [2.75, 3.05) is 11.9 Å². The van der Waals surface area contributed by atoms with Crippen LogP contribution in [-0.2, 0) is 21.4 Å². The summed E-state index contributed by atoms with van der Waals surface area (Å²) in [6.45, 7) is 3.10. The van der Waals surface area contributed by atoms with Crippen LogP contribution in [-0.4, -0.2) is 31.8 Å². The monoisotopic (exact) mass is 387 g/mol. The van der Waals surface area contributed by atoms with Crippen molar-refractivity contribution in [3.05, 3.63) is 60.2 Å². The lowest BCUT2D eigenvalue weighted by Gasteiger charge is -2.28. The molecule has 1 amide bonds. The average molecular weight is 388 g/mol. The molecule has 3 N–H and O–H groups in total. The lowest BCUT2D eigenvalue weighted by Crippen LogP contribution is -2.40. The number of hydrogen-bond donors (Lipinski definition) is 2. The van der Waals surface area contributed by atoms with Crippen LogP contribution in [0, 0.1) is 5.92 Å². The molecule has 0 radical (unpaired) electrons. The van der Waals surface area contributed by atoms with Crippen molar-refractivity contribution in [2.24, 2.45) is 11.1 Å². The number of sulfonamides is 1. The fourth-order valence-electron chi connectivity index (χ4n) is 3.17. The first-order valence-corrected chi connectivity index (χ1v) is 10.6. The lowest BCUT2D eigenvalue weighted by atomic mass is 10.1. The van der Waals surface area contributed by atoms with E-state index in [-0.39, 0.29) is 17.3 Å². The van der Waals surface area contributed by atoms with Crippen molar-refractivity contribution < 1.29 is 13.2 Å². The summed E-state index contributed by atoms with van der Waals surface area (Å²) < 4.78 is 23.0. The number of amides is 1. The molecule has 0 bridgehead atoms. The van der Waals surface area contributed by atoms with Crippen LogP contribution in [0.1, 0.15) is 25.3 Å². The van der Waals surface area contributed by atoms with E-state index in [1.54, 1.807) is 12.1 Å². The van der Waals surface area contributed by atoms with E-state index in [0.717, 1.165) is 5.56 Å². The molecule has 1 fully saturated rings. The van der Waals surface area contributed by atoms with Gasteiger partial charge in [-0.05, 0) is 49.4 Å². The zero-order valence-electron chi connectivity index (χ0n) is 15.3. The van der Waals surface area contributed by atoms with Crippen molar-refractivity contribution in [3.8, 4) is 0 Å². The predicted molar refractivity (Wildman–Crippen MR) is 105 cm³/mol. The average Bonchev–Trinajstić information content (AvgIpc) is 3.46. The normalized spacial score (nSPS) is 15.5. The number of anilines is 1. The zero-order valence-corrected chi connectivity index (χ0v) is 16.2. The van der Waals surface area contributed by atoms with Gasteiger partial charge >= 0.3 is 0 Å². The minimum Gasteiger partial charge on any atom is -0.325 e. The van der Waals surface area contributed by atoms with Crippen LogP contribution in [0.5, 0.6) is 0 Å². The highest BCUT2D eigenvalue weighted by atomic mass is 32.2. The van der Waals surface area contributed by atoms with E-state index in [0.29, 0.717) is 24.2 Å². The number of nitrogens with two attached hydrogens (primary N) is 1. The minimum absolute atomic E-state index is 0.0206. The summed E-state index contributed by atoms with van der Waals surface area (Å²) in [5, 5.41) is 7.94. The molecule has 0 spiro atoms. The number of hydrogen-bond acceptors (Lipinski definition) is 4. The van der Waals surface area contributed by atoms with Gasteiger partial charge in [-0.15, -0.1) is 0 Å². The smallest absolute Gasteiger partial charge is 0.238 e. The summed E-state index contributed by atoms with van der Waals surface area (Å²) in [5.74, 6) is 0.456. The topological polar surface area (TPSA) is 92.5 Å². The van der Waals surface area contributed by atoms with E-state index in [1.807, 2.05) is 18.2 Å². The van der Waals surface area contributed by atoms with E-state index in [1.165, 1.54) is 25.0 Å². The van der Waals surface area contributed by atoms with Gasteiger partial charge < -0.3 is 5.32 Å². The Morgan fingerprint density at radius 3 is 2.52 bits per heavy atom. The largest absolute Gasteiger partial charge is 0.325 e. The van der Waals surface area contributed by atoms with Crippen LogP contribution in [0.15, 0.2) is 59.5 Å². The van der Waals surface area contributed by atoms with E-state index >= 15 is 0 Å². The molecule has 7 heteroatoms. The summed E-state index contributed by atoms with van der Waals surface area (Å²) in [7, 11) is -3.80. The van der Waals surface area contributed by atoms with Crippen LogP contribution in [0.2, 0.25) is 0 Å². The second kappa shape index (κ2) is 8.21. The Kier molecular flexibility index (Phi) is 5.94. The molecular weight excluding hydrogens is 362 g/mol. The van der Waals surface area contributed by atoms with Crippen LogP contribution >= 0.6 is 0 Å². The van der Waals surface area contributed by atoms with E-state index in [2.05, 4.69) is 29.3 Å². The summed E-state index contributed by atoms with van der Waals surface area (Å²) in [6, 6.07) is 16.4. The molecule has 2 aromatic carbocycles. The number of rotatable bonds is 8. The van der Waals surface area contributed by atoms with Crippen molar-refractivity contribution in [2.45, 2.75) is 37.2 Å². The zero-order chi connectivity index (χ0) is 19.4. The van der Waals surface area contributed by atoms with Gasteiger partial charge in [0.1, 0.15) is 0 Å². The quantitative estimate of drug-likeness (QED) is 0.728. The Morgan fingerprint density at radius 1 is 1.19 bits per heavy atom. The summed E-state index contributed by atoms with van der Waals surface area (Å²) in [5.41, 5.74) is 1.58. The number of benzene rings is 2. The molecule has 2 aromatic rings. The van der Waals surface area contributed by atoms with Gasteiger partial charge in [0, 0.05) is 18.3 Å². The molecule has 1 saturated carbocycles. The standard InChI is InChI=1S/C20H25N3O3S/c1-15(17-10-11-17)23(13-16-6-3-2-4-7-16)14-20(24)22-18-8-5-9-19(12-18)27(21,25)26/h2-9,12,15,17H,10-11,13-14H2,1H3,(H,22,24)(H2,21,25,26). The molecule has 6 nitrogen and oxygen atoms in total. The maximum atomic E-state index is 12.6. The van der Waals surface area contributed by atoms with E-state index in [4.69, 9.17) is 5.14 Å². The lowest BCUT2D eigenvalue weighted by molar-refractivity contribution is -0.118. The third kappa shape index (κ3) is 5.63. The van der Waals surface area contributed by atoms with Crippen molar-refractivity contribution >= 4 is 21.6 Å². The van der Waals surface area contributed by atoms with Gasteiger partial charge in [0.2, 0.25) is 15.9 Å². The van der Waals surface area contributed by atoms with Crippen LogP contribution in [0.3, 0.4) is 0 Å². The molecule has 0 heterocycles. The Bertz CT molecular complexity index is 896. The number of carbonyl (C=O) groups excluding carboxylic acids is 1. The Hall–Kier alpha value is -2.22.